The topological polar surface area (TPSA) is 41.6 Å². The highest BCUT2D eigenvalue weighted by Gasteiger charge is 2.60. The number of ether oxygens (including phenoxy) is 1. The molecule has 1 aromatic carbocycles. The number of rotatable bonds is 5. The SMILES string of the molecule is CCC(COC)N1C(=O)C2(CC2)NC1c1ccc(C)cc1. The van der Waals surface area contributed by atoms with E-state index in [2.05, 4.69) is 43.4 Å². The van der Waals surface area contributed by atoms with Gasteiger partial charge in [-0.3, -0.25) is 10.1 Å². The number of amides is 1. The van der Waals surface area contributed by atoms with Gasteiger partial charge in [-0.15, -0.1) is 0 Å². The molecule has 1 aliphatic heterocycles. The first kappa shape index (κ1) is 14.5. The summed E-state index contributed by atoms with van der Waals surface area (Å²) >= 11 is 0. The Balaban J connectivity index is 1.92. The van der Waals surface area contributed by atoms with Gasteiger partial charge < -0.3 is 9.64 Å². The lowest BCUT2D eigenvalue weighted by Gasteiger charge is -2.32. The van der Waals surface area contributed by atoms with Crippen LogP contribution in [0.25, 0.3) is 0 Å². The normalized spacial score (nSPS) is 24.6. The van der Waals surface area contributed by atoms with Gasteiger partial charge in [-0.05, 0) is 31.7 Å². The third-order valence-corrected chi connectivity index (χ3v) is 4.70. The van der Waals surface area contributed by atoms with Crippen LogP contribution in [-0.2, 0) is 9.53 Å². The van der Waals surface area contributed by atoms with Gasteiger partial charge in [-0.2, -0.15) is 0 Å². The van der Waals surface area contributed by atoms with Crippen molar-refractivity contribution in [1.29, 1.82) is 0 Å². The Bertz CT molecular complexity index is 522. The minimum Gasteiger partial charge on any atom is -0.383 e. The molecule has 2 atom stereocenters. The van der Waals surface area contributed by atoms with E-state index in [9.17, 15) is 4.79 Å². The number of nitrogens with one attached hydrogen (secondary N) is 1. The van der Waals surface area contributed by atoms with Crippen LogP contribution in [0.3, 0.4) is 0 Å². The number of nitrogens with zero attached hydrogens (tertiary/aromatic N) is 1. The Labute approximate surface area is 126 Å². The second kappa shape index (κ2) is 5.43. The maximum absolute atomic E-state index is 12.8. The molecular weight excluding hydrogens is 264 g/mol. The van der Waals surface area contributed by atoms with Crippen LogP contribution in [0, 0.1) is 6.92 Å². The number of carbonyl (C=O) groups is 1. The summed E-state index contributed by atoms with van der Waals surface area (Å²) in [4.78, 5) is 14.8. The zero-order valence-corrected chi connectivity index (χ0v) is 13.1. The van der Waals surface area contributed by atoms with Crippen molar-refractivity contribution in [3.63, 3.8) is 0 Å². The van der Waals surface area contributed by atoms with E-state index in [0.29, 0.717) is 6.61 Å². The van der Waals surface area contributed by atoms with Crippen LogP contribution in [0.15, 0.2) is 24.3 Å². The molecule has 2 fully saturated rings. The third-order valence-electron chi connectivity index (χ3n) is 4.70. The van der Waals surface area contributed by atoms with Gasteiger partial charge in [-0.1, -0.05) is 36.8 Å². The van der Waals surface area contributed by atoms with Gasteiger partial charge in [0, 0.05) is 7.11 Å². The highest BCUT2D eigenvalue weighted by atomic mass is 16.5. The van der Waals surface area contributed by atoms with E-state index >= 15 is 0 Å². The smallest absolute Gasteiger partial charge is 0.244 e. The Kier molecular flexibility index (Phi) is 3.76. The molecule has 1 heterocycles. The van der Waals surface area contributed by atoms with Crippen LogP contribution in [0.5, 0.6) is 0 Å². The molecule has 21 heavy (non-hydrogen) atoms. The van der Waals surface area contributed by atoms with Crippen LogP contribution < -0.4 is 5.32 Å². The highest BCUT2D eigenvalue weighted by molar-refractivity contribution is 5.92. The first-order valence-corrected chi connectivity index (χ1v) is 7.77. The minimum absolute atomic E-state index is 0.0271. The highest BCUT2D eigenvalue weighted by Crippen LogP contribution is 2.47. The number of carbonyl (C=O) groups excluding carboxylic acids is 1. The molecule has 1 saturated heterocycles. The van der Waals surface area contributed by atoms with Crippen molar-refractivity contribution in [2.45, 2.75) is 50.9 Å². The molecule has 1 aromatic rings. The predicted octanol–water partition coefficient (Wildman–Crippen LogP) is 2.38. The van der Waals surface area contributed by atoms with Gasteiger partial charge in [0.05, 0.1) is 12.6 Å². The third kappa shape index (κ3) is 2.47. The molecule has 1 aliphatic carbocycles. The molecule has 3 rings (SSSR count). The quantitative estimate of drug-likeness (QED) is 0.904. The number of hydrogen-bond acceptors (Lipinski definition) is 3. The number of hydrogen-bond donors (Lipinski definition) is 1. The molecule has 4 heteroatoms. The standard InChI is InChI=1S/C17H24N2O2/c1-4-14(11-21-3)19-15(13-7-5-12(2)6-8-13)18-17(9-10-17)16(19)20/h5-8,14-15,18H,4,9-11H2,1-3H3. The molecule has 1 N–H and O–H groups in total. The summed E-state index contributed by atoms with van der Waals surface area (Å²) in [6.07, 6.45) is 2.78. The van der Waals surface area contributed by atoms with E-state index in [4.69, 9.17) is 4.74 Å². The summed E-state index contributed by atoms with van der Waals surface area (Å²) in [6, 6.07) is 8.58. The van der Waals surface area contributed by atoms with E-state index < -0.39 is 0 Å². The van der Waals surface area contributed by atoms with Crippen molar-refractivity contribution < 1.29 is 9.53 Å². The average molecular weight is 288 g/mol. The summed E-state index contributed by atoms with van der Waals surface area (Å²) in [6.45, 7) is 4.78. The van der Waals surface area contributed by atoms with Crippen LogP contribution in [0.2, 0.25) is 0 Å². The lowest BCUT2D eigenvalue weighted by molar-refractivity contribution is -0.134. The molecule has 0 aromatic heterocycles. The van der Waals surface area contributed by atoms with E-state index in [-0.39, 0.29) is 23.7 Å². The second-order valence-corrected chi connectivity index (χ2v) is 6.27. The summed E-state index contributed by atoms with van der Waals surface area (Å²) in [7, 11) is 1.70. The maximum atomic E-state index is 12.8. The van der Waals surface area contributed by atoms with Crippen molar-refractivity contribution in [2.75, 3.05) is 13.7 Å². The zero-order chi connectivity index (χ0) is 15.0. The molecule has 1 amide bonds. The molecule has 0 bridgehead atoms. The maximum Gasteiger partial charge on any atom is 0.244 e. The van der Waals surface area contributed by atoms with Gasteiger partial charge in [0.2, 0.25) is 5.91 Å². The van der Waals surface area contributed by atoms with Crippen LogP contribution in [-0.4, -0.2) is 36.1 Å². The molecule has 1 spiro atoms. The summed E-state index contributed by atoms with van der Waals surface area (Å²) in [5, 5.41) is 3.57. The van der Waals surface area contributed by atoms with Crippen LogP contribution in [0.4, 0.5) is 0 Å². The zero-order valence-electron chi connectivity index (χ0n) is 13.1. The van der Waals surface area contributed by atoms with Gasteiger partial charge >= 0.3 is 0 Å². The molecule has 1 saturated carbocycles. The fourth-order valence-electron chi connectivity index (χ4n) is 3.20. The van der Waals surface area contributed by atoms with Crippen LogP contribution in [0.1, 0.15) is 43.5 Å². The summed E-state index contributed by atoms with van der Waals surface area (Å²) < 4.78 is 5.33. The summed E-state index contributed by atoms with van der Waals surface area (Å²) in [5.74, 6) is 0.247. The fraction of sp³-hybridized carbons (Fsp3) is 0.588. The first-order valence-electron chi connectivity index (χ1n) is 7.77. The molecule has 4 nitrogen and oxygen atoms in total. The van der Waals surface area contributed by atoms with Crippen molar-refractivity contribution in [2.24, 2.45) is 0 Å². The molecule has 2 unspecified atom stereocenters. The van der Waals surface area contributed by atoms with Gasteiger partial charge in [0.1, 0.15) is 11.7 Å². The second-order valence-electron chi connectivity index (χ2n) is 6.27. The Morgan fingerprint density at radius 1 is 1.38 bits per heavy atom. The molecular formula is C17H24N2O2. The van der Waals surface area contributed by atoms with Crippen LogP contribution >= 0.6 is 0 Å². The van der Waals surface area contributed by atoms with Gasteiger partial charge in [0.25, 0.3) is 0 Å². The Hall–Kier alpha value is -1.39. The van der Waals surface area contributed by atoms with Gasteiger partial charge in [-0.25, -0.2) is 0 Å². The molecule has 114 valence electrons. The monoisotopic (exact) mass is 288 g/mol. The lowest BCUT2D eigenvalue weighted by Crippen LogP contribution is -2.42. The summed E-state index contributed by atoms with van der Waals surface area (Å²) in [5.41, 5.74) is 2.10. The van der Waals surface area contributed by atoms with Crippen molar-refractivity contribution >= 4 is 5.91 Å². The molecule has 2 aliphatic rings. The molecule has 0 radical (unpaired) electrons. The van der Waals surface area contributed by atoms with Crippen molar-refractivity contribution in [1.82, 2.24) is 10.2 Å². The van der Waals surface area contributed by atoms with E-state index in [0.717, 1.165) is 24.8 Å². The van der Waals surface area contributed by atoms with Crippen molar-refractivity contribution in [3.05, 3.63) is 35.4 Å². The number of aryl methyl sites for hydroxylation is 1. The number of methoxy groups -OCH3 is 1. The minimum atomic E-state index is -0.295. The largest absolute Gasteiger partial charge is 0.383 e. The average Bonchev–Trinajstić information content (AvgIpc) is 3.21. The Morgan fingerprint density at radius 2 is 2.05 bits per heavy atom. The Morgan fingerprint density at radius 3 is 2.57 bits per heavy atom. The lowest BCUT2D eigenvalue weighted by atomic mass is 10.1. The van der Waals surface area contributed by atoms with E-state index in [1.807, 2.05) is 4.90 Å². The van der Waals surface area contributed by atoms with E-state index in [1.54, 1.807) is 7.11 Å². The van der Waals surface area contributed by atoms with E-state index in [1.165, 1.54) is 5.56 Å². The van der Waals surface area contributed by atoms with Crippen molar-refractivity contribution in [3.8, 4) is 0 Å². The fourth-order valence-corrected chi connectivity index (χ4v) is 3.20. The first-order chi connectivity index (χ1) is 10.1. The number of benzene rings is 1. The van der Waals surface area contributed by atoms with Gasteiger partial charge in [0.15, 0.2) is 0 Å². The predicted molar refractivity (Wildman–Crippen MR) is 81.8 cm³/mol.